The van der Waals surface area contributed by atoms with Gasteiger partial charge in [-0.15, -0.1) is 0 Å². The second-order valence-corrected chi connectivity index (χ2v) is 7.19. The lowest BCUT2D eigenvalue weighted by atomic mass is 9.97. The molecule has 1 rings (SSSR count). The molecule has 0 aliphatic heterocycles. The lowest BCUT2D eigenvalue weighted by Gasteiger charge is -2.34. The van der Waals surface area contributed by atoms with Crippen molar-refractivity contribution in [1.82, 2.24) is 0 Å². The molecule has 2 unspecified atom stereocenters. The molecule has 1 aliphatic rings. The van der Waals surface area contributed by atoms with E-state index in [1.807, 2.05) is 20.8 Å². The van der Waals surface area contributed by atoms with Crippen molar-refractivity contribution in [3.05, 3.63) is 0 Å². The highest BCUT2D eigenvalue weighted by atomic mass is 32.1. The van der Waals surface area contributed by atoms with Crippen LogP contribution in [0.3, 0.4) is 0 Å². The average molecular weight is 294 g/mol. The van der Waals surface area contributed by atoms with Crippen LogP contribution in [-0.4, -0.2) is 40.2 Å². The van der Waals surface area contributed by atoms with Gasteiger partial charge in [-0.25, -0.2) is 0 Å². The van der Waals surface area contributed by atoms with Crippen LogP contribution in [0.25, 0.3) is 0 Å². The molecule has 0 spiro atoms. The van der Waals surface area contributed by atoms with Crippen LogP contribution in [0.15, 0.2) is 0 Å². The molecule has 18 heavy (non-hydrogen) atoms. The van der Waals surface area contributed by atoms with Crippen LogP contribution in [0.5, 0.6) is 0 Å². The van der Waals surface area contributed by atoms with Gasteiger partial charge in [0.15, 0.2) is 0 Å². The molecule has 1 fully saturated rings. The van der Waals surface area contributed by atoms with E-state index in [0.29, 0.717) is 25.1 Å². The third-order valence-electron chi connectivity index (χ3n) is 2.87. The zero-order valence-electron chi connectivity index (χ0n) is 11.7. The van der Waals surface area contributed by atoms with Gasteiger partial charge in [-0.05, 0) is 46.5 Å². The van der Waals surface area contributed by atoms with Crippen molar-refractivity contribution in [1.29, 1.82) is 0 Å². The van der Waals surface area contributed by atoms with Crippen molar-refractivity contribution in [3.63, 3.8) is 0 Å². The number of thiol groups is 1. The zero-order valence-corrected chi connectivity index (χ0v) is 13.6. The molecule has 0 N–H and O–H groups in total. The van der Waals surface area contributed by atoms with Crippen LogP contribution in [0.1, 0.15) is 46.5 Å². The molecule has 0 saturated heterocycles. The molecule has 1 saturated carbocycles. The molecular weight excluding hydrogens is 268 g/mol. The summed E-state index contributed by atoms with van der Waals surface area (Å²) in [5.74, 6) is 0. The van der Waals surface area contributed by atoms with Crippen molar-refractivity contribution in [3.8, 4) is 0 Å². The van der Waals surface area contributed by atoms with Gasteiger partial charge in [0.1, 0.15) is 0 Å². The predicted molar refractivity (Wildman–Crippen MR) is 76.7 cm³/mol. The van der Waals surface area contributed by atoms with E-state index in [4.69, 9.17) is 17.7 Å². The minimum atomic E-state index is -2.95. The Bertz CT molecular complexity index is 213. The summed E-state index contributed by atoms with van der Waals surface area (Å²) in [4.78, 5) is 0. The molecule has 0 aromatic heterocycles. The summed E-state index contributed by atoms with van der Waals surface area (Å²) < 4.78 is 23.2. The van der Waals surface area contributed by atoms with E-state index in [2.05, 4.69) is 12.6 Å². The smallest absolute Gasteiger partial charge is 0.351 e. The summed E-state index contributed by atoms with van der Waals surface area (Å²) in [7, 11) is -2.95. The minimum absolute atomic E-state index is 0.151. The maximum Gasteiger partial charge on any atom is 0.679 e. The Morgan fingerprint density at radius 1 is 1.00 bits per heavy atom. The monoisotopic (exact) mass is 294 g/mol. The van der Waals surface area contributed by atoms with Gasteiger partial charge in [0, 0.05) is 25.1 Å². The van der Waals surface area contributed by atoms with Gasteiger partial charge in [0.2, 0.25) is 0 Å². The first-order chi connectivity index (χ1) is 8.65. The van der Waals surface area contributed by atoms with Gasteiger partial charge in [0.25, 0.3) is 0 Å². The third kappa shape index (κ3) is 5.18. The summed E-state index contributed by atoms with van der Waals surface area (Å²) in [6.07, 6.45) is 4.45. The highest BCUT2D eigenvalue weighted by molar-refractivity contribution is 7.80. The van der Waals surface area contributed by atoms with Gasteiger partial charge < -0.3 is 17.7 Å². The normalized spacial score (nSPS) is 25.3. The van der Waals surface area contributed by atoms with Crippen molar-refractivity contribution in [2.24, 2.45) is 0 Å². The molecule has 1 aliphatic carbocycles. The van der Waals surface area contributed by atoms with Crippen LogP contribution in [0.2, 0.25) is 0 Å². The van der Waals surface area contributed by atoms with E-state index in [0.717, 1.165) is 25.7 Å². The molecule has 0 radical (unpaired) electrons. The van der Waals surface area contributed by atoms with E-state index >= 15 is 0 Å². The van der Waals surface area contributed by atoms with Crippen LogP contribution in [0, 0.1) is 0 Å². The first-order valence-electron chi connectivity index (χ1n) is 6.93. The summed E-state index contributed by atoms with van der Waals surface area (Å²) >= 11 is 4.54. The molecule has 0 amide bonds. The summed E-state index contributed by atoms with van der Waals surface area (Å²) in [5, 5.41) is 0.417. The fourth-order valence-corrected chi connectivity index (χ4v) is 4.74. The lowest BCUT2D eigenvalue weighted by molar-refractivity contribution is -0.0565. The quantitative estimate of drug-likeness (QED) is 0.552. The molecule has 0 aromatic rings. The van der Waals surface area contributed by atoms with Gasteiger partial charge in [-0.1, -0.05) is 0 Å². The van der Waals surface area contributed by atoms with Gasteiger partial charge >= 0.3 is 9.05 Å². The van der Waals surface area contributed by atoms with Gasteiger partial charge in [-0.3, -0.25) is 0 Å². The molecule has 0 heterocycles. The minimum Gasteiger partial charge on any atom is -0.351 e. The first kappa shape index (κ1) is 16.5. The Labute approximate surface area is 117 Å². The highest BCUT2D eigenvalue weighted by Crippen LogP contribution is 2.28. The van der Waals surface area contributed by atoms with Crippen LogP contribution < -0.4 is 0 Å². The van der Waals surface area contributed by atoms with Crippen LogP contribution in [0.4, 0.5) is 0 Å². The Morgan fingerprint density at radius 2 is 1.56 bits per heavy atom. The fraction of sp³-hybridized carbons (Fsp3) is 1.00. The second kappa shape index (κ2) is 8.55. The molecular formula is C12H26O4SSi. The molecule has 108 valence electrons. The maximum absolute atomic E-state index is 6.09. The summed E-state index contributed by atoms with van der Waals surface area (Å²) in [5.41, 5.74) is 0. The number of hydrogen-bond donors (Lipinski definition) is 1. The Kier molecular flexibility index (Phi) is 7.82. The predicted octanol–water partition coefficient (Wildman–Crippen LogP) is 2.79. The van der Waals surface area contributed by atoms with Gasteiger partial charge in [0.05, 0.1) is 6.10 Å². The lowest BCUT2D eigenvalue weighted by Crippen LogP contribution is -2.52. The molecule has 2 atom stereocenters. The van der Waals surface area contributed by atoms with E-state index in [1.165, 1.54) is 0 Å². The van der Waals surface area contributed by atoms with E-state index in [1.54, 1.807) is 0 Å². The number of rotatable bonds is 8. The maximum atomic E-state index is 6.09. The van der Waals surface area contributed by atoms with Crippen LogP contribution >= 0.6 is 12.6 Å². The first-order valence-corrected chi connectivity index (χ1v) is 9.08. The second-order valence-electron chi connectivity index (χ2n) is 4.36. The Balaban J connectivity index is 2.62. The van der Waals surface area contributed by atoms with Crippen LogP contribution in [-0.2, 0) is 17.7 Å². The van der Waals surface area contributed by atoms with Crippen molar-refractivity contribution >= 4 is 21.7 Å². The van der Waals surface area contributed by atoms with Crippen molar-refractivity contribution in [2.45, 2.75) is 57.8 Å². The van der Waals surface area contributed by atoms with E-state index in [-0.39, 0.29) is 6.10 Å². The molecule has 4 nitrogen and oxygen atoms in total. The molecule has 0 bridgehead atoms. The topological polar surface area (TPSA) is 36.9 Å². The fourth-order valence-electron chi connectivity index (χ4n) is 2.19. The summed E-state index contributed by atoms with van der Waals surface area (Å²) in [6, 6.07) is 0. The highest BCUT2D eigenvalue weighted by Gasteiger charge is 2.47. The SMILES string of the molecule is CCO[Si](OCC)(OCC)OC1CCCC(S)C1. The average Bonchev–Trinajstić information content (AvgIpc) is 2.30. The molecule has 6 heteroatoms. The molecule has 0 aromatic carbocycles. The Hall–Kier alpha value is 0.407. The number of hydrogen-bond acceptors (Lipinski definition) is 5. The van der Waals surface area contributed by atoms with E-state index < -0.39 is 9.05 Å². The van der Waals surface area contributed by atoms with E-state index in [9.17, 15) is 0 Å². The zero-order chi connectivity index (χ0) is 13.4. The van der Waals surface area contributed by atoms with Crippen molar-refractivity contribution < 1.29 is 17.7 Å². The van der Waals surface area contributed by atoms with Crippen molar-refractivity contribution in [2.75, 3.05) is 19.8 Å². The summed E-state index contributed by atoms with van der Waals surface area (Å²) in [6.45, 7) is 7.44. The standard InChI is InChI=1S/C12H26O4SSi/c1-4-13-18(14-5-2,15-6-3)16-11-8-7-9-12(17)10-11/h11-12,17H,4-10H2,1-3H3. The van der Waals surface area contributed by atoms with Gasteiger partial charge in [-0.2, -0.15) is 12.6 Å². The Morgan fingerprint density at radius 3 is 2.00 bits per heavy atom. The third-order valence-corrected chi connectivity index (χ3v) is 5.89. The largest absolute Gasteiger partial charge is 0.679 e.